The third-order valence-electron chi connectivity index (χ3n) is 3.98. The van der Waals surface area contributed by atoms with E-state index in [4.69, 9.17) is 0 Å². The Labute approximate surface area is 140 Å². The highest BCUT2D eigenvalue weighted by Crippen LogP contribution is 2.31. The van der Waals surface area contributed by atoms with E-state index in [9.17, 15) is 23.6 Å². The molecule has 0 amide bonds. The summed E-state index contributed by atoms with van der Waals surface area (Å²) in [5.74, 6) is -0.635. The van der Waals surface area contributed by atoms with Gasteiger partial charge < -0.3 is 5.11 Å². The van der Waals surface area contributed by atoms with Gasteiger partial charge in [-0.05, 0) is 49.9 Å². The molecule has 2 aromatic carbocycles. The van der Waals surface area contributed by atoms with Crippen molar-refractivity contribution in [2.24, 2.45) is 0 Å². The van der Waals surface area contributed by atoms with Crippen LogP contribution in [-0.2, 0) is 10.0 Å². The maximum Gasteiger partial charge on any atom is 0.271 e. The van der Waals surface area contributed by atoms with Gasteiger partial charge in [-0.2, -0.15) is 0 Å². The van der Waals surface area contributed by atoms with Crippen molar-refractivity contribution in [2.45, 2.75) is 32.6 Å². The average Bonchev–Trinajstić information content (AvgIpc) is 2.47. The van der Waals surface area contributed by atoms with Crippen LogP contribution in [0.1, 0.15) is 22.3 Å². The van der Waals surface area contributed by atoms with Gasteiger partial charge in [-0.25, -0.2) is 8.42 Å². The number of aryl methyl sites for hydroxylation is 2. The predicted molar refractivity (Wildman–Crippen MR) is 88.7 cm³/mol. The summed E-state index contributed by atoms with van der Waals surface area (Å²) in [6.07, 6.45) is 0. The summed E-state index contributed by atoms with van der Waals surface area (Å²) in [6, 6.07) is 4.81. The number of nitro benzene ring substituents is 1. The minimum absolute atomic E-state index is 0.0888. The fourth-order valence-corrected chi connectivity index (χ4v) is 4.17. The molecule has 7 nitrogen and oxygen atoms in total. The van der Waals surface area contributed by atoms with E-state index in [0.29, 0.717) is 11.1 Å². The molecule has 0 aliphatic heterocycles. The molecule has 0 radical (unpaired) electrons. The van der Waals surface area contributed by atoms with Crippen molar-refractivity contribution >= 4 is 21.4 Å². The van der Waals surface area contributed by atoms with Crippen LogP contribution < -0.4 is 9.83 Å². The molecule has 0 unspecified atom stereocenters. The highest BCUT2D eigenvalue weighted by atomic mass is 32.2. The first-order chi connectivity index (χ1) is 11.0. The van der Waals surface area contributed by atoms with Crippen LogP contribution in [0, 0.1) is 37.8 Å². The largest absolute Gasteiger partial charge is 0.871 e. The number of nitrogens with one attached hydrogen (secondary N) is 1. The Hall–Kier alpha value is -2.61. The molecule has 128 valence electrons. The van der Waals surface area contributed by atoms with E-state index in [1.165, 1.54) is 0 Å². The van der Waals surface area contributed by atoms with E-state index in [-0.39, 0.29) is 16.3 Å². The number of non-ortho nitro benzene ring substituents is 1. The predicted octanol–water partition coefficient (Wildman–Crippen LogP) is 2.70. The van der Waals surface area contributed by atoms with E-state index >= 15 is 0 Å². The lowest BCUT2D eigenvalue weighted by molar-refractivity contribution is -0.385. The molecule has 0 fully saturated rings. The minimum atomic E-state index is -4.06. The van der Waals surface area contributed by atoms with Crippen LogP contribution >= 0.6 is 0 Å². The van der Waals surface area contributed by atoms with Crippen molar-refractivity contribution in [2.75, 3.05) is 4.72 Å². The quantitative estimate of drug-likeness (QED) is 0.673. The number of sulfonamides is 1. The summed E-state index contributed by atoms with van der Waals surface area (Å²) in [4.78, 5) is 10.2. The molecule has 1 N–H and O–H groups in total. The molecule has 0 heterocycles. The van der Waals surface area contributed by atoms with Gasteiger partial charge in [0.1, 0.15) is 0 Å². The van der Waals surface area contributed by atoms with Crippen molar-refractivity contribution in [1.82, 2.24) is 0 Å². The van der Waals surface area contributed by atoms with Gasteiger partial charge in [0.15, 0.2) is 0 Å². The number of hydrogen-bond donors (Lipinski definition) is 1. The SMILES string of the molecule is Cc1cc(C)c(C)c(S(=O)(=O)Nc2cc([N+](=O)[O-])ccc2[O-])c1C. The summed E-state index contributed by atoms with van der Waals surface area (Å²) in [5.41, 5.74) is 2.05. The zero-order valence-electron chi connectivity index (χ0n) is 13.7. The smallest absolute Gasteiger partial charge is 0.271 e. The summed E-state index contributed by atoms with van der Waals surface area (Å²) < 4.78 is 27.7. The topological polar surface area (TPSA) is 112 Å². The first-order valence-electron chi connectivity index (χ1n) is 7.10. The Morgan fingerprint density at radius 2 is 1.54 bits per heavy atom. The van der Waals surface area contributed by atoms with E-state index in [2.05, 4.69) is 4.72 Å². The number of rotatable bonds is 4. The molecule has 2 aromatic rings. The molecule has 0 saturated carbocycles. The Balaban J connectivity index is 2.59. The maximum atomic E-state index is 12.8. The molecule has 0 spiro atoms. The Kier molecular flexibility index (Phi) is 4.52. The third-order valence-corrected chi connectivity index (χ3v) is 5.62. The second kappa shape index (κ2) is 6.12. The molecule has 8 heteroatoms. The normalized spacial score (nSPS) is 11.3. The van der Waals surface area contributed by atoms with Gasteiger partial charge in [0, 0.05) is 17.8 Å². The van der Waals surface area contributed by atoms with Gasteiger partial charge in [-0.15, -0.1) is 0 Å². The lowest BCUT2D eigenvalue weighted by Crippen LogP contribution is -2.18. The first kappa shape index (κ1) is 17.7. The molecule has 0 atom stereocenters. The van der Waals surface area contributed by atoms with Crippen LogP contribution in [0.4, 0.5) is 11.4 Å². The number of nitro groups is 1. The minimum Gasteiger partial charge on any atom is -0.871 e. The molecule has 0 bridgehead atoms. The van der Waals surface area contributed by atoms with Crippen LogP contribution in [0.25, 0.3) is 0 Å². The molecular formula is C16H17N2O5S-. The van der Waals surface area contributed by atoms with Crippen molar-refractivity contribution in [1.29, 1.82) is 0 Å². The Bertz CT molecular complexity index is 910. The van der Waals surface area contributed by atoms with Gasteiger partial charge in [-0.3, -0.25) is 14.8 Å². The van der Waals surface area contributed by atoms with E-state index in [0.717, 1.165) is 29.3 Å². The number of hydrogen-bond acceptors (Lipinski definition) is 5. The van der Waals surface area contributed by atoms with Gasteiger partial charge in [-0.1, -0.05) is 17.9 Å². The second-order valence-corrected chi connectivity index (χ2v) is 7.25. The fraction of sp³-hybridized carbons (Fsp3) is 0.250. The fourth-order valence-electron chi connectivity index (χ4n) is 2.49. The highest BCUT2D eigenvalue weighted by Gasteiger charge is 2.23. The lowest BCUT2D eigenvalue weighted by Gasteiger charge is -2.19. The Morgan fingerprint density at radius 3 is 2.04 bits per heavy atom. The maximum absolute atomic E-state index is 12.8. The van der Waals surface area contributed by atoms with Gasteiger partial charge in [0.2, 0.25) is 0 Å². The highest BCUT2D eigenvalue weighted by molar-refractivity contribution is 7.92. The number of anilines is 1. The van der Waals surface area contributed by atoms with E-state index < -0.39 is 20.7 Å². The average molecular weight is 349 g/mol. The standard InChI is InChI=1S/C16H18N2O5S/c1-9-7-10(2)12(4)16(11(9)3)24(22,23)17-14-8-13(18(20)21)5-6-15(14)19/h5-8,17,19H,1-4H3/p-1. The zero-order chi connectivity index (χ0) is 18.2. The molecule has 0 aromatic heterocycles. The summed E-state index contributed by atoms with van der Waals surface area (Å²) in [7, 11) is -4.06. The molecular weight excluding hydrogens is 332 g/mol. The summed E-state index contributed by atoms with van der Waals surface area (Å²) in [6.45, 7) is 6.96. The molecule has 24 heavy (non-hydrogen) atoms. The second-order valence-electron chi connectivity index (χ2n) is 5.63. The van der Waals surface area contributed by atoms with Crippen LogP contribution in [-0.4, -0.2) is 13.3 Å². The van der Waals surface area contributed by atoms with Crippen molar-refractivity contribution < 1.29 is 18.4 Å². The van der Waals surface area contributed by atoms with Crippen LogP contribution in [0.2, 0.25) is 0 Å². The molecule has 0 saturated heterocycles. The Morgan fingerprint density at radius 1 is 1.00 bits per heavy atom. The lowest BCUT2D eigenvalue weighted by atomic mass is 10.0. The van der Waals surface area contributed by atoms with Gasteiger partial charge >= 0.3 is 0 Å². The van der Waals surface area contributed by atoms with Crippen molar-refractivity contribution in [3.05, 3.63) is 56.6 Å². The summed E-state index contributed by atoms with van der Waals surface area (Å²) in [5, 5.41) is 22.7. The van der Waals surface area contributed by atoms with Gasteiger partial charge in [0.25, 0.3) is 15.7 Å². The molecule has 0 aliphatic rings. The molecule has 2 rings (SSSR count). The zero-order valence-corrected chi connectivity index (χ0v) is 14.5. The molecule has 0 aliphatic carbocycles. The van der Waals surface area contributed by atoms with Crippen molar-refractivity contribution in [3.63, 3.8) is 0 Å². The van der Waals surface area contributed by atoms with E-state index in [1.807, 2.05) is 6.07 Å². The third kappa shape index (κ3) is 3.18. The monoisotopic (exact) mass is 349 g/mol. The number of benzene rings is 2. The van der Waals surface area contributed by atoms with Crippen LogP contribution in [0.5, 0.6) is 5.75 Å². The van der Waals surface area contributed by atoms with Gasteiger partial charge in [0.05, 0.1) is 9.82 Å². The van der Waals surface area contributed by atoms with E-state index in [1.54, 1.807) is 27.7 Å². The van der Waals surface area contributed by atoms with Crippen LogP contribution in [0.3, 0.4) is 0 Å². The summed E-state index contributed by atoms with van der Waals surface area (Å²) >= 11 is 0. The first-order valence-corrected chi connectivity index (χ1v) is 8.58. The number of nitrogens with zero attached hydrogens (tertiary/aromatic N) is 1. The van der Waals surface area contributed by atoms with Crippen LogP contribution in [0.15, 0.2) is 29.2 Å². The van der Waals surface area contributed by atoms with Crippen molar-refractivity contribution in [3.8, 4) is 5.75 Å².